The summed E-state index contributed by atoms with van der Waals surface area (Å²) in [6, 6.07) is 15.1. The molecule has 1 saturated carbocycles. The van der Waals surface area contributed by atoms with E-state index in [0.717, 1.165) is 24.9 Å². The zero-order valence-corrected chi connectivity index (χ0v) is 12.0. The van der Waals surface area contributed by atoms with Crippen LogP contribution in [0.5, 0.6) is 0 Å². The van der Waals surface area contributed by atoms with Crippen LogP contribution in [0.1, 0.15) is 32.6 Å². The molecule has 0 spiro atoms. The third kappa shape index (κ3) is 3.31. The van der Waals surface area contributed by atoms with E-state index in [1.54, 1.807) is 0 Å². The Kier molecular flexibility index (Phi) is 5.02. The molecule has 0 saturated heterocycles. The van der Waals surface area contributed by atoms with E-state index in [1.165, 1.54) is 0 Å². The number of rotatable bonds is 4. The van der Waals surface area contributed by atoms with E-state index < -0.39 is 0 Å². The lowest BCUT2D eigenvalue weighted by atomic mass is 9.78. The molecule has 0 aliphatic heterocycles. The molecule has 104 valence electrons. The highest BCUT2D eigenvalue weighted by molar-refractivity contribution is 5.47. The third-order valence-corrected chi connectivity index (χ3v) is 4.20. The number of anilines is 1. The monoisotopic (exact) mass is 267 g/mol. The second kappa shape index (κ2) is 6.96. The molecular weight excluding hydrogens is 246 g/mol. The van der Waals surface area contributed by atoms with Crippen molar-refractivity contribution in [1.29, 1.82) is 10.5 Å². The summed E-state index contributed by atoms with van der Waals surface area (Å²) in [5, 5.41) is 18.3. The lowest BCUT2D eigenvalue weighted by Crippen LogP contribution is -2.44. The van der Waals surface area contributed by atoms with Crippen LogP contribution in [0.25, 0.3) is 0 Å². The van der Waals surface area contributed by atoms with Gasteiger partial charge in [0.15, 0.2) is 0 Å². The van der Waals surface area contributed by atoms with Gasteiger partial charge in [-0.05, 0) is 37.3 Å². The van der Waals surface area contributed by atoms with Gasteiger partial charge in [0.2, 0.25) is 0 Å². The summed E-state index contributed by atoms with van der Waals surface area (Å²) in [5.41, 5.74) is 1.13. The van der Waals surface area contributed by atoms with Gasteiger partial charge in [0.05, 0.1) is 24.5 Å². The maximum Gasteiger partial charge on any atom is 0.0677 e. The van der Waals surface area contributed by atoms with Gasteiger partial charge < -0.3 is 4.90 Å². The van der Waals surface area contributed by atoms with Crippen LogP contribution in [0.3, 0.4) is 0 Å². The van der Waals surface area contributed by atoms with E-state index in [1.807, 2.05) is 18.2 Å². The fourth-order valence-electron chi connectivity index (χ4n) is 3.12. The van der Waals surface area contributed by atoms with Crippen LogP contribution in [-0.4, -0.2) is 12.6 Å². The zero-order chi connectivity index (χ0) is 14.4. The van der Waals surface area contributed by atoms with Crippen LogP contribution >= 0.6 is 0 Å². The van der Waals surface area contributed by atoms with Gasteiger partial charge in [-0.15, -0.1) is 0 Å². The summed E-state index contributed by atoms with van der Waals surface area (Å²) >= 11 is 0. The first-order valence-corrected chi connectivity index (χ1v) is 7.34. The van der Waals surface area contributed by atoms with Crippen LogP contribution < -0.4 is 4.90 Å². The van der Waals surface area contributed by atoms with Crippen molar-refractivity contribution in [2.75, 3.05) is 11.4 Å². The molecule has 1 fully saturated rings. The number of hydrogen-bond acceptors (Lipinski definition) is 3. The number of para-hydroxylation sites is 1. The van der Waals surface area contributed by atoms with Crippen molar-refractivity contribution >= 4 is 5.69 Å². The molecule has 0 radical (unpaired) electrons. The van der Waals surface area contributed by atoms with Crippen molar-refractivity contribution in [2.45, 2.75) is 38.6 Å². The number of nitriles is 2. The number of hydrogen-bond donors (Lipinski definition) is 0. The lowest BCUT2D eigenvalue weighted by Gasteiger charge is -2.40. The smallest absolute Gasteiger partial charge is 0.0677 e. The minimum absolute atomic E-state index is 0.0742. The summed E-state index contributed by atoms with van der Waals surface area (Å²) in [4.78, 5) is 2.27. The van der Waals surface area contributed by atoms with Crippen LogP contribution in [0.4, 0.5) is 5.69 Å². The molecule has 3 atom stereocenters. The Hall–Kier alpha value is -2.00. The van der Waals surface area contributed by atoms with Crippen molar-refractivity contribution in [1.82, 2.24) is 0 Å². The summed E-state index contributed by atoms with van der Waals surface area (Å²) in [6.45, 7) is 2.96. The number of benzene rings is 1. The molecule has 3 unspecified atom stereocenters. The molecule has 1 aliphatic carbocycles. The molecule has 1 aliphatic rings. The molecule has 1 aromatic rings. The van der Waals surface area contributed by atoms with Gasteiger partial charge in [0, 0.05) is 18.3 Å². The average molecular weight is 267 g/mol. The summed E-state index contributed by atoms with van der Waals surface area (Å²) in [7, 11) is 0. The normalized spacial score (nSPS) is 25.4. The van der Waals surface area contributed by atoms with Crippen molar-refractivity contribution in [3.8, 4) is 12.1 Å². The van der Waals surface area contributed by atoms with Gasteiger partial charge in [0.25, 0.3) is 0 Å². The second-order valence-corrected chi connectivity index (χ2v) is 5.66. The first kappa shape index (κ1) is 14.4. The Morgan fingerprint density at radius 3 is 2.60 bits per heavy atom. The van der Waals surface area contributed by atoms with E-state index in [0.29, 0.717) is 18.9 Å². The Balaban J connectivity index is 2.25. The molecule has 1 aromatic carbocycles. The van der Waals surface area contributed by atoms with Crippen molar-refractivity contribution in [2.24, 2.45) is 11.8 Å². The highest BCUT2D eigenvalue weighted by atomic mass is 15.2. The minimum Gasteiger partial charge on any atom is -0.366 e. The standard InChI is InChI=1S/C17H21N3/c1-14-8-9-15(13-19)17(12-14)20(11-5-10-18)16-6-3-2-4-7-16/h2-4,6-7,14-15,17H,5,8-9,11-12H2,1H3. The van der Waals surface area contributed by atoms with Gasteiger partial charge in [-0.25, -0.2) is 0 Å². The Morgan fingerprint density at radius 2 is 1.95 bits per heavy atom. The van der Waals surface area contributed by atoms with Crippen molar-refractivity contribution in [3.63, 3.8) is 0 Å². The topological polar surface area (TPSA) is 50.8 Å². The second-order valence-electron chi connectivity index (χ2n) is 5.66. The van der Waals surface area contributed by atoms with Gasteiger partial charge in [-0.2, -0.15) is 10.5 Å². The van der Waals surface area contributed by atoms with Crippen molar-refractivity contribution < 1.29 is 0 Å². The van der Waals surface area contributed by atoms with E-state index in [4.69, 9.17) is 5.26 Å². The first-order chi connectivity index (χ1) is 9.76. The van der Waals surface area contributed by atoms with Crippen molar-refractivity contribution in [3.05, 3.63) is 30.3 Å². The molecule has 0 bridgehead atoms. The lowest BCUT2D eigenvalue weighted by molar-refractivity contribution is 0.281. The maximum absolute atomic E-state index is 9.43. The summed E-state index contributed by atoms with van der Waals surface area (Å²) < 4.78 is 0. The van der Waals surface area contributed by atoms with Crippen LogP contribution in [-0.2, 0) is 0 Å². The third-order valence-electron chi connectivity index (χ3n) is 4.20. The molecular formula is C17H21N3. The predicted octanol–water partition coefficient (Wildman–Crippen LogP) is 3.74. The molecule has 3 nitrogen and oxygen atoms in total. The molecule has 0 N–H and O–H groups in total. The highest BCUT2D eigenvalue weighted by Gasteiger charge is 2.33. The van der Waals surface area contributed by atoms with E-state index >= 15 is 0 Å². The maximum atomic E-state index is 9.43. The summed E-state index contributed by atoms with van der Waals surface area (Å²) in [6.07, 6.45) is 3.64. The predicted molar refractivity (Wildman–Crippen MR) is 79.9 cm³/mol. The van der Waals surface area contributed by atoms with Gasteiger partial charge >= 0.3 is 0 Å². The molecule has 0 heterocycles. The molecule has 0 aromatic heterocycles. The fraction of sp³-hybridized carbons (Fsp3) is 0.529. The van der Waals surface area contributed by atoms with Gasteiger partial charge in [-0.3, -0.25) is 0 Å². The van der Waals surface area contributed by atoms with Gasteiger partial charge in [0.1, 0.15) is 0 Å². The van der Waals surface area contributed by atoms with Crippen LogP contribution in [0.15, 0.2) is 30.3 Å². The SMILES string of the molecule is CC1CCC(C#N)C(N(CCC#N)c2ccccc2)C1. The first-order valence-electron chi connectivity index (χ1n) is 7.34. The molecule has 3 heteroatoms. The van der Waals surface area contributed by atoms with E-state index in [9.17, 15) is 5.26 Å². The summed E-state index contributed by atoms with van der Waals surface area (Å²) in [5.74, 6) is 0.725. The van der Waals surface area contributed by atoms with Gasteiger partial charge in [-0.1, -0.05) is 25.1 Å². The Bertz CT molecular complexity index is 497. The number of nitrogens with zero attached hydrogens (tertiary/aromatic N) is 3. The quantitative estimate of drug-likeness (QED) is 0.835. The fourth-order valence-corrected chi connectivity index (χ4v) is 3.12. The van der Waals surface area contributed by atoms with Crippen LogP contribution in [0, 0.1) is 34.5 Å². The zero-order valence-electron chi connectivity index (χ0n) is 12.0. The molecule has 20 heavy (non-hydrogen) atoms. The Labute approximate surface area is 121 Å². The van der Waals surface area contributed by atoms with E-state index in [-0.39, 0.29) is 12.0 Å². The van der Waals surface area contributed by atoms with E-state index in [2.05, 4.69) is 36.1 Å². The molecule has 2 rings (SSSR count). The Morgan fingerprint density at radius 1 is 1.20 bits per heavy atom. The van der Waals surface area contributed by atoms with Crippen LogP contribution in [0.2, 0.25) is 0 Å². The average Bonchev–Trinajstić information content (AvgIpc) is 2.49. The minimum atomic E-state index is 0.0742. The molecule has 0 amide bonds. The largest absolute Gasteiger partial charge is 0.366 e. The highest BCUT2D eigenvalue weighted by Crippen LogP contribution is 2.34.